The zero-order chi connectivity index (χ0) is 19.2. The number of anilines is 1. The number of benzene rings is 3. The highest BCUT2D eigenvalue weighted by Gasteiger charge is 2.06. The van der Waals surface area contributed by atoms with Crippen molar-refractivity contribution in [2.24, 2.45) is 5.10 Å². The Morgan fingerprint density at radius 3 is 2.26 bits per heavy atom. The quantitative estimate of drug-likeness (QED) is 0.525. The minimum atomic E-state index is -0.302. The molecule has 0 radical (unpaired) electrons. The molecule has 3 aromatic rings. The summed E-state index contributed by atoms with van der Waals surface area (Å²) >= 11 is 0. The number of hydrogen-bond acceptors (Lipinski definition) is 3. The highest BCUT2D eigenvalue weighted by atomic mass is 16.2. The van der Waals surface area contributed by atoms with Crippen LogP contribution in [0.1, 0.15) is 36.2 Å². The van der Waals surface area contributed by atoms with Gasteiger partial charge in [0.15, 0.2) is 0 Å². The summed E-state index contributed by atoms with van der Waals surface area (Å²) in [5, 5.41) is 9.24. The van der Waals surface area contributed by atoms with Gasteiger partial charge in [0.25, 0.3) is 5.91 Å². The van der Waals surface area contributed by atoms with Crippen LogP contribution in [-0.2, 0) is 4.79 Å². The van der Waals surface area contributed by atoms with Crippen molar-refractivity contribution in [2.45, 2.75) is 20.3 Å². The van der Waals surface area contributed by atoms with Crippen LogP contribution < -0.4 is 10.7 Å². The van der Waals surface area contributed by atoms with Gasteiger partial charge in [0.05, 0.1) is 5.71 Å². The average molecular weight is 359 g/mol. The molecule has 0 aliphatic heterocycles. The number of hydrogen-bond donors (Lipinski definition) is 2. The van der Waals surface area contributed by atoms with Crippen LogP contribution in [0.5, 0.6) is 0 Å². The molecule has 0 fully saturated rings. The molecule has 0 aliphatic rings. The number of carbonyl (C=O) groups is 2. The van der Waals surface area contributed by atoms with E-state index in [0.717, 1.165) is 22.0 Å². The fourth-order valence-corrected chi connectivity index (χ4v) is 2.63. The molecule has 2 N–H and O–H groups in total. The summed E-state index contributed by atoms with van der Waals surface area (Å²) in [6.45, 7) is 3.64. The maximum absolute atomic E-state index is 12.3. The lowest BCUT2D eigenvalue weighted by Crippen LogP contribution is -2.19. The molecule has 0 bridgehead atoms. The number of carbonyl (C=O) groups excluding carboxylic acids is 2. The van der Waals surface area contributed by atoms with Crippen molar-refractivity contribution in [2.75, 3.05) is 5.32 Å². The van der Waals surface area contributed by atoms with E-state index in [4.69, 9.17) is 0 Å². The maximum atomic E-state index is 12.3. The molecule has 0 unspecified atom stereocenters. The summed E-state index contributed by atoms with van der Waals surface area (Å²) in [6.07, 6.45) is 0.408. The topological polar surface area (TPSA) is 70.6 Å². The first-order chi connectivity index (χ1) is 13.1. The Balaban J connectivity index is 1.68. The van der Waals surface area contributed by atoms with E-state index in [2.05, 4.69) is 21.9 Å². The van der Waals surface area contributed by atoms with Gasteiger partial charge in [-0.05, 0) is 53.6 Å². The van der Waals surface area contributed by atoms with Crippen LogP contribution >= 0.6 is 0 Å². The second-order valence-corrected chi connectivity index (χ2v) is 6.18. The monoisotopic (exact) mass is 359 g/mol. The van der Waals surface area contributed by atoms with E-state index in [-0.39, 0.29) is 11.8 Å². The van der Waals surface area contributed by atoms with Crippen LogP contribution in [-0.4, -0.2) is 17.5 Å². The molecule has 5 heteroatoms. The summed E-state index contributed by atoms with van der Waals surface area (Å²) in [5.74, 6) is -0.369. The third-order valence-corrected chi connectivity index (χ3v) is 4.24. The zero-order valence-corrected chi connectivity index (χ0v) is 15.3. The van der Waals surface area contributed by atoms with Gasteiger partial charge in [0, 0.05) is 17.7 Å². The van der Waals surface area contributed by atoms with Crippen LogP contribution in [0.15, 0.2) is 71.8 Å². The number of rotatable bonds is 5. The van der Waals surface area contributed by atoms with Gasteiger partial charge in [-0.1, -0.05) is 43.3 Å². The Bertz CT molecular complexity index is 1010. The van der Waals surface area contributed by atoms with Gasteiger partial charge < -0.3 is 5.32 Å². The van der Waals surface area contributed by atoms with Gasteiger partial charge in [-0.25, -0.2) is 5.43 Å². The molecule has 0 heterocycles. The number of fused-ring (bicyclic) bond motifs is 1. The minimum absolute atomic E-state index is 0.0668. The van der Waals surface area contributed by atoms with E-state index in [1.807, 2.05) is 43.3 Å². The molecule has 136 valence electrons. The summed E-state index contributed by atoms with van der Waals surface area (Å²) in [4.78, 5) is 23.7. The highest BCUT2D eigenvalue weighted by Crippen LogP contribution is 2.16. The molecule has 0 aromatic heterocycles. The molecule has 3 aromatic carbocycles. The fraction of sp³-hybridized carbons (Fsp3) is 0.136. The predicted molar refractivity (Wildman–Crippen MR) is 109 cm³/mol. The van der Waals surface area contributed by atoms with Gasteiger partial charge in [-0.15, -0.1) is 0 Å². The smallest absolute Gasteiger partial charge is 0.271 e. The largest absolute Gasteiger partial charge is 0.326 e. The molecular formula is C22H21N3O2. The number of nitrogens with one attached hydrogen (secondary N) is 2. The molecule has 3 rings (SSSR count). The van der Waals surface area contributed by atoms with Crippen molar-refractivity contribution in [3.8, 4) is 0 Å². The van der Waals surface area contributed by atoms with Crippen molar-refractivity contribution in [1.82, 2.24) is 5.43 Å². The fourth-order valence-electron chi connectivity index (χ4n) is 2.63. The SMILES string of the molecule is CCC(=O)Nc1ccc(C(=O)N/N=C(\C)c2ccc3ccccc3c2)cc1. The number of hydrazone groups is 1. The summed E-state index contributed by atoms with van der Waals surface area (Å²) < 4.78 is 0. The maximum Gasteiger partial charge on any atom is 0.271 e. The molecule has 0 saturated carbocycles. The Morgan fingerprint density at radius 1 is 0.889 bits per heavy atom. The van der Waals surface area contributed by atoms with Crippen molar-refractivity contribution in [3.63, 3.8) is 0 Å². The Morgan fingerprint density at radius 2 is 1.56 bits per heavy atom. The van der Waals surface area contributed by atoms with Gasteiger partial charge in [0.2, 0.25) is 5.91 Å². The van der Waals surface area contributed by atoms with E-state index in [1.54, 1.807) is 31.2 Å². The zero-order valence-electron chi connectivity index (χ0n) is 15.3. The third kappa shape index (κ3) is 4.58. The molecule has 0 atom stereocenters. The van der Waals surface area contributed by atoms with Crippen LogP contribution in [0, 0.1) is 0 Å². The highest BCUT2D eigenvalue weighted by molar-refractivity contribution is 6.03. The average Bonchev–Trinajstić information content (AvgIpc) is 2.71. The summed E-state index contributed by atoms with van der Waals surface area (Å²) in [6, 6.07) is 20.9. The molecule has 5 nitrogen and oxygen atoms in total. The van der Waals surface area contributed by atoms with E-state index in [1.165, 1.54) is 0 Å². The Kier molecular flexibility index (Phi) is 5.61. The second-order valence-electron chi connectivity index (χ2n) is 6.18. The normalized spacial score (nSPS) is 11.3. The molecule has 0 spiro atoms. The van der Waals surface area contributed by atoms with Crippen molar-refractivity contribution in [1.29, 1.82) is 0 Å². The summed E-state index contributed by atoms with van der Waals surface area (Å²) in [7, 11) is 0. The second kappa shape index (κ2) is 8.27. The first kappa shape index (κ1) is 18.3. The van der Waals surface area contributed by atoms with Gasteiger partial charge >= 0.3 is 0 Å². The van der Waals surface area contributed by atoms with E-state index in [0.29, 0.717) is 17.7 Å². The van der Waals surface area contributed by atoms with E-state index in [9.17, 15) is 9.59 Å². The van der Waals surface area contributed by atoms with Crippen LogP contribution in [0.2, 0.25) is 0 Å². The summed E-state index contributed by atoms with van der Waals surface area (Å²) in [5.41, 5.74) is 5.39. The van der Waals surface area contributed by atoms with Gasteiger partial charge in [-0.2, -0.15) is 5.10 Å². The lowest BCUT2D eigenvalue weighted by atomic mass is 10.0. The molecule has 0 saturated heterocycles. The predicted octanol–water partition coefficient (Wildman–Crippen LogP) is 4.34. The van der Waals surface area contributed by atoms with Gasteiger partial charge in [-0.3, -0.25) is 9.59 Å². The third-order valence-electron chi connectivity index (χ3n) is 4.24. The number of nitrogens with zero attached hydrogens (tertiary/aromatic N) is 1. The van der Waals surface area contributed by atoms with Gasteiger partial charge in [0.1, 0.15) is 0 Å². The molecule has 2 amide bonds. The van der Waals surface area contributed by atoms with E-state index >= 15 is 0 Å². The number of amides is 2. The van der Waals surface area contributed by atoms with Crippen molar-refractivity contribution < 1.29 is 9.59 Å². The van der Waals surface area contributed by atoms with Crippen molar-refractivity contribution >= 4 is 34.0 Å². The first-order valence-corrected chi connectivity index (χ1v) is 8.80. The van der Waals surface area contributed by atoms with Crippen LogP contribution in [0.3, 0.4) is 0 Å². The lowest BCUT2D eigenvalue weighted by Gasteiger charge is -2.06. The molecule has 27 heavy (non-hydrogen) atoms. The standard InChI is InChI=1S/C22H21N3O2/c1-3-21(26)23-20-12-10-17(11-13-20)22(27)25-24-15(2)18-9-8-16-6-4-5-7-19(16)14-18/h4-14H,3H2,1-2H3,(H,23,26)(H,25,27)/b24-15+. The van der Waals surface area contributed by atoms with Crippen molar-refractivity contribution in [3.05, 3.63) is 77.9 Å². The van der Waals surface area contributed by atoms with Crippen LogP contribution in [0.25, 0.3) is 10.8 Å². The first-order valence-electron chi connectivity index (χ1n) is 8.80. The molecule has 0 aliphatic carbocycles. The van der Waals surface area contributed by atoms with Crippen LogP contribution in [0.4, 0.5) is 5.69 Å². The minimum Gasteiger partial charge on any atom is -0.326 e. The van der Waals surface area contributed by atoms with E-state index < -0.39 is 0 Å². The Hall–Kier alpha value is -3.47. The Labute approximate surface area is 158 Å². The lowest BCUT2D eigenvalue weighted by molar-refractivity contribution is -0.115. The molecular weight excluding hydrogens is 338 g/mol.